The molecule has 0 bridgehead atoms. The van der Waals surface area contributed by atoms with Crippen LogP contribution in [0.1, 0.15) is 128 Å². The van der Waals surface area contributed by atoms with Crippen molar-refractivity contribution in [2.75, 3.05) is 35.0 Å². The highest BCUT2D eigenvalue weighted by Crippen LogP contribution is 2.43. The Bertz CT molecular complexity index is 2010. The summed E-state index contributed by atoms with van der Waals surface area (Å²) in [5.41, 5.74) is 1.54. The van der Waals surface area contributed by atoms with E-state index in [1.165, 1.54) is 21.3 Å². The maximum absolute atomic E-state index is 14.1. The standard InChI is InChI=1S/C58H96O19/c1-31-18-16-17-19-41(67-13)25-42(74-55(63)35(5)24-33(3)22-32(2)23-34(4)44(21-20-31)75-56-52(62)51(61)53(69-15)39(9)72-56)28-58(65)37(7)49(59)36(6)45(77-58)26-43(30-66-12)73-48-29-57(11,64)54(40(10)71-48)76-47-27-46(68-14)50(60)38(8)70-47/h18,20-24,34,36-54,56,59-62,64-65H,16-17,19,25-30H2,1-15H3/b21-20-,31-18-,32-23-,33-22-,35-24-/t34-,36+,37-,38-,39+,40+,41-,42+,43-,44-,45-,46-,47+,48+,49+,50-,51+,52+,53+,54+,56+,57+,58+/m1/s1. The first kappa shape index (κ1) is 65.3. The first-order chi connectivity index (χ1) is 36.2. The van der Waals surface area contributed by atoms with Crippen LogP contribution in [0.15, 0.2) is 58.7 Å². The van der Waals surface area contributed by atoms with Gasteiger partial charge in [0.25, 0.3) is 0 Å². The van der Waals surface area contributed by atoms with E-state index < -0.39 is 134 Å². The minimum absolute atomic E-state index is 0.0345. The van der Waals surface area contributed by atoms with Crippen molar-refractivity contribution in [1.82, 2.24) is 0 Å². The lowest BCUT2D eigenvalue weighted by Crippen LogP contribution is -2.60. The molecule has 5 aliphatic rings. The smallest absolute Gasteiger partial charge is 0.333 e. The third kappa shape index (κ3) is 17.7. The van der Waals surface area contributed by atoms with E-state index in [2.05, 4.69) is 6.08 Å². The van der Waals surface area contributed by atoms with E-state index >= 15 is 0 Å². The molecule has 5 rings (SSSR count). The van der Waals surface area contributed by atoms with Crippen LogP contribution in [0.2, 0.25) is 0 Å². The van der Waals surface area contributed by atoms with Gasteiger partial charge in [0.05, 0.1) is 67.1 Å². The molecule has 0 aliphatic carbocycles. The van der Waals surface area contributed by atoms with Crippen molar-refractivity contribution in [1.29, 1.82) is 0 Å². The van der Waals surface area contributed by atoms with Crippen molar-refractivity contribution in [2.24, 2.45) is 17.8 Å². The van der Waals surface area contributed by atoms with Crippen LogP contribution < -0.4 is 0 Å². The Labute approximate surface area is 457 Å². The maximum Gasteiger partial charge on any atom is 0.333 e. The van der Waals surface area contributed by atoms with Crippen molar-refractivity contribution in [3.05, 3.63) is 58.7 Å². The van der Waals surface area contributed by atoms with Gasteiger partial charge in [0.15, 0.2) is 24.7 Å². The van der Waals surface area contributed by atoms with Crippen LogP contribution in [0.25, 0.3) is 0 Å². The second kappa shape index (κ2) is 29.5. The molecule has 0 aromatic heterocycles. The molecule has 4 fully saturated rings. The highest BCUT2D eigenvalue weighted by molar-refractivity contribution is 5.88. The number of allylic oxidation sites excluding steroid dienone is 7. The van der Waals surface area contributed by atoms with Crippen LogP contribution in [-0.2, 0) is 61.6 Å². The van der Waals surface area contributed by atoms with Gasteiger partial charge < -0.3 is 87.5 Å². The molecule has 6 N–H and O–H groups in total. The Morgan fingerprint density at radius 3 is 2.12 bits per heavy atom. The highest BCUT2D eigenvalue weighted by atomic mass is 16.7. The fourth-order valence-electron chi connectivity index (χ4n) is 11.6. The van der Waals surface area contributed by atoms with Gasteiger partial charge in [0.2, 0.25) is 0 Å². The average molecular weight is 1100 g/mol. The molecule has 4 saturated heterocycles. The molecule has 442 valence electrons. The monoisotopic (exact) mass is 1100 g/mol. The van der Waals surface area contributed by atoms with Crippen molar-refractivity contribution in [2.45, 2.75) is 249 Å². The molecule has 0 unspecified atom stereocenters. The zero-order valence-electron chi connectivity index (χ0n) is 48.4. The van der Waals surface area contributed by atoms with Crippen molar-refractivity contribution in [3.63, 3.8) is 0 Å². The third-order valence-corrected chi connectivity index (χ3v) is 16.1. The van der Waals surface area contributed by atoms with E-state index in [-0.39, 0.29) is 50.7 Å². The predicted molar refractivity (Wildman–Crippen MR) is 285 cm³/mol. The highest BCUT2D eigenvalue weighted by Gasteiger charge is 2.53. The topological polar surface area (TPSA) is 249 Å². The van der Waals surface area contributed by atoms with Crippen LogP contribution in [0, 0.1) is 17.8 Å². The van der Waals surface area contributed by atoms with E-state index in [1.807, 2.05) is 58.9 Å². The van der Waals surface area contributed by atoms with Crippen LogP contribution in [-0.4, -0.2) is 193 Å². The van der Waals surface area contributed by atoms with Crippen molar-refractivity contribution < 1.29 is 92.3 Å². The van der Waals surface area contributed by atoms with E-state index in [0.717, 1.165) is 23.1 Å². The summed E-state index contributed by atoms with van der Waals surface area (Å²) >= 11 is 0. The molecule has 5 heterocycles. The Morgan fingerprint density at radius 1 is 0.766 bits per heavy atom. The molecule has 0 radical (unpaired) electrons. The number of carbonyl (C=O) groups excluding carboxylic acids is 1. The summed E-state index contributed by atoms with van der Waals surface area (Å²) in [6.45, 7) is 20.1. The quantitative estimate of drug-likeness (QED) is 0.109. The molecule has 23 atom stereocenters. The predicted octanol–water partition coefficient (Wildman–Crippen LogP) is 5.65. The lowest BCUT2D eigenvalue weighted by molar-refractivity contribution is -0.343. The molecule has 5 aliphatic heterocycles. The number of aliphatic hydroxyl groups is 6. The zero-order chi connectivity index (χ0) is 57.1. The van der Waals surface area contributed by atoms with Gasteiger partial charge in [-0.2, -0.15) is 0 Å². The molecule has 0 spiro atoms. The van der Waals surface area contributed by atoms with Gasteiger partial charge >= 0.3 is 5.97 Å². The summed E-state index contributed by atoms with van der Waals surface area (Å²) < 4.78 is 72.9. The SMILES string of the molecule is COC[C@@H](C[C@H]1O[C@@](O)(C[C@@H]2C[C@H](OC)CCC/C=C(C)\C=C/[C@@H](O[C@@H]3O[C@@H](C)[C@H](OC)[C@@H](O)[C@@H]3O)[C@H](C)\C=C(C)/C=C(C)\C=C(\C)C(=O)O2)[C@H](C)[C@@H](O)[C@H]1C)O[C@H]1C[C@](C)(O)[C@@H](O[C@H]2C[C@@H](OC)[C@H](O)[C@@H](C)O2)[C@H](C)O1. The summed E-state index contributed by atoms with van der Waals surface area (Å²) in [6.07, 6.45) is 0.145. The van der Waals surface area contributed by atoms with E-state index in [0.29, 0.717) is 18.4 Å². The minimum Gasteiger partial charge on any atom is -0.459 e. The van der Waals surface area contributed by atoms with Crippen LogP contribution in [0.5, 0.6) is 0 Å². The summed E-state index contributed by atoms with van der Waals surface area (Å²) in [4.78, 5) is 14.1. The average Bonchev–Trinajstić information content (AvgIpc) is 3.35. The van der Waals surface area contributed by atoms with Crippen molar-refractivity contribution >= 4 is 5.97 Å². The lowest BCUT2D eigenvalue weighted by Gasteiger charge is -2.50. The summed E-state index contributed by atoms with van der Waals surface area (Å²) in [7, 11) is 6.12. The molecular formula is C58H96O19. The van der Waals surface area contributed by atoms with Gasteiger partial charge in [-0.05, 0) is 80.7 Å². The Kier molecular flexibility index (Phi) is 25.0. The Morgan fingerprint density at radius 2 is 1.47 bits per heavy atom. The van der Waals surface area contributed by atoms with Gasteiger partial charge in [-0.3, -0.25) is 0 Å². The normalized spacial score (nSPS) is 46.2. The van der Waals surface area contributed by atoms with Crippen LogP contribution in [0.3, 0.4) is 0 Å². The number of methoxy groups -OCH3 is 4. The van der Waals surface area contributed by atoms with E-state index in [4.69, 9.17) is 56.8 Å². The van der Waals surface area contributed by atoms with Gasteiger partial charge in [0, 0.05) is 83.9 Å². The molecule has 0 aromatic rings. The summed E-state index contributed by atoms with van der Waals surface area (Å²) in [5, 5.41) is 68.5. The van der Waals surface area contributed by atoms with Gasteiger partial charge in [-0.1, -0.05) is 67.9 Å². The molecule has 77 heavy (non-hydrogen) atoms. The van der Waals surface area contributed by atoms with Gasteiger partial charge in [-0.15, -0.1) is 0 Å². The molecule has 0 aromatic carbocycles. The number of esters is 1. The maximum atomic E-state index is 14.1. The Balaban J connectivity index is 1.33. The fourth-order valence-corrected chi connectivity index (χ4v) is 11.6. The molecule has 19 nitrogen and oxygen atoms in total. The number of aliphatic hydroxyl groups excluding tert-OH is 4. The number of carbonyl (C=O) groups is 1. The second-order valence-corrected chi connectivity index (χ2v) is 22.8. The largest absolute Gasteiger partial charge is 0.459 e. The van der Waals surface area contributed by atoms with Gasteiger partial charge in [0.1, 0.15) is 36.6 Å². The van der Waals surface area contributed by atoms with Crippen LogP contribution in [0.4, 0.5) is 0 Å². The zero-order valence-corrected chi connectivity index (χ0v) is 48.4. The third-order valence-electron chi connectivity index (χ3n) is 16.1. The first-order valence-electron chi connectivity index (χ1n) is 27.7. The number of hydrogen-bond donors (Lipinski definition) is 6. The minimum atomic E-state index is -1.96. The summed E-state index contributed by atoms with van der Waals surface area (Å²) in [6, 6.07) is 0. The molecule has 0 amide bonds. The van der Waals surface area contributed by atoms with E-state index in [9.17, 15) is 35.4 Å². The van der Waals surface area contributed by atoms with Crippen molar-refractivity contribution in [3.8, 4) is 0 Å². The Hall–Kier alpha value is -2.51. The van der Waals surface area contributed by atoms with E-state index in [1.54, 1.807) is 54.7 Å². The number of ether oxygens (including phenoxy) is 12. The number of hydrogen-bond acceptors (Lipinski definition) is 19. The number of rotatable bonds is 15. The fraction of sp³-hybridized carbons (Fsp3) is 0.810. The van der Waals surface area contributed by atoms with Crippen LogP contribution >= 0.6 is 0 Å². The molecule has 19 heteroatoms. The second-order valence-electron chi connectivity index (χ2n) is 22.8. The first-order valence-corrected chi connectivity index (χ1v) is 27.7. The number of cyclic esters (lactones) is 1. The molecular weight excluding hydrogens is 1000 g/mol. The summed E-state index contributed by atoms with van der Waals surface area (Å²) in [5.74, 6) is -4.04. The molecule has 0 saturated carbocycles. The lowest BCUT2D eigenvalue weighted by atomic mass is 9.77. The van der Waals surface area contributed by atoms with Gasteiger partial charge in [-0.25, -0.2) is 4.79 Å².